The lowest BCUT2D eigenvalue weighted by Crippen LogP contribution is -2.38. The Morgan fingerprint density at radius 3 is 2.28 bits per heavy atom. The Balaban J connectivity index is 1.99. The third-order valence-corrected chi connectivity index (χ3v) is 5.05. The van der Waals surface area contributed by atoms with Crippen molar-refractivity contribution in [1.29, 1.82) is 0 Å². The van der Waals surface area contributed by atoms with Crippen molar-refractivity contribution in [3.8, 4) is 0 Å². The van der Waals surface area contributed by atoms with Crippen LogP contribution in [0.25, 0.3) is 0 Å². The third-order valence-electron chi connectivity index (χ3n) is 4.46. The van der Waals surface area contributed by atoms with Gasteiger partial charge in [0.2, 0.25) is 10.0 Å². The number of rotatable bonds is 8. The molecule has 6 nitrogen and oxygen atoms in total. The molecule has 0 fully saturated rings. The SMILES string of the molecule is CN=C(NCc1ccccc1NS(C)(=O)=O)NC(C)c1ccc(CC(C)C)cc1. The van der Waals surface area contributed by atoms with Crippen LogP contribution < -0.4 is 15.4 Å². The molecule has 0 spiro atoms. The number of sulfonamides is 1. The number of aliphatic imine (C=N–C) groups is 1. The number of hydrogen-bond acceptors (Lipinski definition) is 3. The number of guanidine groups is 1. The second kappa shape index (κ2) is 10.3. The van der Waals surface area contributed by atoms with Crippen molar-refractivity contribution in [3.63, 3.8) is 0 Å². The molecule has 0 aliphatic heterocycles. The van der Waals surface area contributed by atoms with Crippen LogP contribution in [0.5, 0.6) is 0 Å². The van der Waals surface area contributed by atoms with Gasteiger partial charge >= 0.3 is 0 Å². The number of benzene rings is 2. The fourth-order valence-electron chi connectivity index (χ4n) is 3.05. The van der Waals surface area contributed by atoms with Crippen molar-refractivity contribution in [1.82, 2.24) is 10.6 Å². The second-order valence-corrected chi connectivity index (χ2v) is 9.41. The molecular formula is C22H32N4O2S. The lowest BCUT2D eigenvalue weighted by Gasteiger charge is -2.19. The molecule has 0 amide bonds. The van der Waals surface area contributed by atoms with Gasteiger partial charge in [-0.15, -0.1) is 0 Å². The largest absolute Gasteiger partial charge is 0.352 e. The van der Waals surface area contributed by atoms with Crippen molar-refractivity contribution in [2.75, 3.05) is 18.0 Å². The summed E-state index contributed by atoms with van der Waals surface area (Å²) in [6.07, 6.45) is 2.22. The van der Waals surface area contributed by atoms with E-state index in [0.717, 1.165) is 18.2 Å². The van der Waals surface area contributed by atoms with Gasteiger partial charge in [0.1, 0.15) is 0 Å². The molecule has 0 aromatic heterocycles. The molecule has 2 rings (SSSR count). The minimum Gasteiger partial charge on any atom is -0.352 e. The van der Waals surface area contributed by atoms with Gasteiger partial charge < -0.3 is 10.6 Å². The molecule has 0 aliphatic rings. The van der Waals surface area contributed by atoms with Crippen molar-refractivity contribution in [3.05, 3.63) is 65.2 Å². The number of nitrogens with one attached hydrogen (secondary N) is 3. The van der Waals surface area contributed by atoms with Gasteiger partial charge in [-0.2, -0.15) is 0 Å². The van der Waals surface area contributed by atoms with Crippen LogP contribution in [-0.4, -0.2) is 27.7 Å². The van der Waals surface area contributed by atoms with E-state index in [9.17, 15) is 8.42 Å². The van der Waals surface area contributed by atoms with Crippen LogP contribution in [0.4, 0.5) is 5.69 Å². The molecule has 158 valence electrons. The Labute approximate surface area is 174 Å². The smallest absolute Gasteiger partial charge is 0.229 e. The van der Waals surface area contributed by atoms with Crippen molar-refractivity contribution < 1.29 is 8.42 Å². The molecule has 2 aromatic carbocycles. The quantitative estimate of drug-likeness (QED) is 0.453. The first-order valence-corrected chi connectivity index (χ1v) is 11.7. The Morgan fingerprint density at radius 1 is 1.03 bits per heavy atom. The highest BCUT2D eigenvalue weighted by molar-refractivity contribution is 7.92. The number of para-hydroxylation sites is 1. The molecule has 7 heteroatoms. The normalized spacial score (nSPS) is 13.2. The zero-order chi connectivity index (χ0) is 21.4. The number of hydrogen-bond donors (Lipinski definition) is 3. The Bertz CT molecular complexity index is 922. The highest BCUT2D eigenvalue weighted by Crippen LogP contribution is 2.17. The maximum atomic E-state index is 11.6. The standard InChI is InChI=1S/C22H32N4O2S/c1-16(2)14-18-10-12-19(13-11-18)17(3)25-22(23-4)24-15-20-8-6-7-9-21(20)26-29(5,27)28/h6-13,16-17,26H,14-15H2,1-5H3,(H2,23,24,25). The molecular weight excluding hydrogens is 384 g/mol. The average Bonchev–Trinajstić information content (AvgIpc) is 2.65. The van der Waals surface area contributed by atoms with Gasteiger partial charge in [-0.25, -0.2) is 8.42 Å². The van der Waals surface area contributed by atoms with Gasteiger partial charge in [-0.1, -0.05) is 56.3 Å². The Kier molecular flexibility index (Phi) is 8.08. The maximum absolute atomic E-state index is 11.6. The lowest BCUT2D eigenvalue weighted by atomic mass is 10.00. The zero-order valence-corrected chi connectivity index (χ0v) is 18.7. The van der Waals surface area contributed by atoms with Crippen LogP contribution in [0.1, 0.15) is 43.5 Å². The summed E-state index contributed by atoms with van der Waals surface area (Å²) in [5.41, 5.74) is 3.92. The number of nitrogens with zero attached hydrogens (tertiary/aromatic N) is 1. The zero-order valence-electron chi connectivity index (χ0n) is 17.9. The van der Waals surface area contributed by atoms with Crippen molar-refractivity contribution in [2.45, 2.75) is 39.8 Å². The molecule has 1 unspecified atom stereocenters. The second-order valence-electron chi connectivity index (χ2n) is 7.66. The van der Waals surface area contributed by atoms with Gasteiger partial charge in [0.25, 0.3) is 0 Å². The first-order chi connectivity index (χ1) is 13.7. The molecule has 0 saturated carbocycles. The summed E-state index contributed by atoms with van der Waals surface area (Å²) in [6, 6.07) is 16.0. The molecule has 0 radical (unpaired) electrons. The molecule has 2 aromatic rings. The molecule has 29 heavy (non-hydrogen) atoms. The van der Waals surface area contributed by atoms with E-state index in [1.165, 1.54) is 11.1 Å². The number of anilines is 1. The van der Waals surface area contributed by atoms with Crippen LogP contribution in [-0.2, 0) is 23.0 Å². The molecule has 0 aliphatic carbocycles. The van der Waals surface area contributed by atoms with Crippen LogP contribution in [0.2, 0.25) is 0 Å². The first-order valence-electron chi connectivity index (χ1n) is 9.79. The van der Waals surface area contributed by atoms with E-state index < -0.39 is 10.0 Å². The highest BCUT2D eigenvalue weighted by atomic mass is 32.2. The predicted octanol–water partition coefficient (Wildman–Crippen LogP) is 3.68. The Morgan fingerprint density at radius 2 is 1.69 bits per heavy atom. The fraction of sp³-hybridized carbons (Fsp3) is 0.409. The van der Waals surface area contributed by atoms with E-state index in [1.807, 2.05) is 12.1 Å². The molecule has 0 heterocycles. The topological polar surface area (TPSA) is 82.6 Å². The van der Waals surface area contributed by atoms with Gasteiger partial charge in [0.15, 0.2) is 5.96 Å². The van der Waals surface area contributed by atoms with Crippen molar-refractivity contribution in [2.24, 2.45) is 10.9 Å². The summed E-state index contributed by atoms with van der Waals surface area (Å²) in [7, 11) is -1.62. The predicted molar refractivity (Wildman–Crippen MR) is 122 cm³/mol. The summed E-state index contributed by atoms with van der Waals surface area (Å²) in [6.45, 7) is 6.97. The van der Waals surface area contributed by atoms with Crippen LogP contribution >= 0.6 is 0 Å². The van der Waals surface area contributed by atoms with Gasteiger partial charge in [0, 0.05) is 13.6 Å². The highest BCUT2D eigenvalue weighted by Gasteiger charge is 2.10. The first kappa shape index (κ1) is 22.7. The molecule has 1 atom stereocenters. The van der Waals surface area contributed by atoms with Crippen LogP contribution in [0, 0.1) is 5.92 Å². The van der Waals surface area contributed by atoms with E-state index in [4.69, 9.17) is 0 Å². The van der Waals surface area contributed by atoms with E-state index in [1.54, 1.807) is 19.2 Å². The van der Waals surface area contributed by atoms with Crippen molar-refractivity contribution >= 4 is 21.7 Å². The van der Waals surface area contributed by atoms with Gasteiger partial charge in [0.05, 0.1) is 18.0 Å². The van der Waals surface area contributed by atoms with E-state index in [0.29, 0.717) is 24.1 Å². The van der Waals surface area contributed by atoms with E-state index >= 15 is 0 Å². The van der Waals surface area contributed by atoms with Crippen LogP contribution in [0.3, 0.4) is 0 Å². The van der Waals surface area contributed by atoms with Gasteiger partial charge in [-0.3, -0.25) is 9.71 Å². The summed E-state index contributed by atoms with van der Waals surface area (Å²) in [4.78, 5) is 4.29. The summed E-state index contributed by atoms with van der Waals surface area (Å²) < 4.78 is 25.7. The monoisotopic (exact) mass is 416 g/mol. The fourth-order valence-corrected chi connectivity index (χ4v) is 3.65. The Hall–Kier alpha value is -2.54. The van der Waals surface area contributed by atoms with Crippen LogP contribution in [0.15, 0.2) is 53.5 Å². The lowest BCUT2D eigenvalue weighted by molar-refractivity contribution is 0.606. The third kappa shape index (κ3) is 7.77. The minimum absolute atomic E-state index is 0.0821. The van der Waals surface area contributed by atoms with E-state index in [-0.39, 0.29) is 6.04 Å². The van der Waals surface area contributed by atoms with E-state index in [2.05, 4.69) is 65.4 Å². The summed E-state index contributed by atoms with van der Waals surface area (Å²) in [5, 5.41) is 6.64. The maximum Gasteiger partial charge on any atom is 0.229 e. The van der Waals surface area contributed by atoms with Gasteiger partial charge in [-0.05, 0) is 42.0 Å². The summed E-state index contributed by atoms with van der Waals surface area (Å²) >= 11 is 0. The minimum atomic E-state index is -3.33. The molecule has 0 bridgehead atoms. The molecule has 3 N–H and O–H groups in total. The molecule has 0 saturated heterocycles. The average molecular weight is 417 g/mol. The summed E-state index contributed by atoms with van der Waals surface area (Å²) in [5.74, 6) is 1.29.